The van der Waals surface area contributed by atoms with Crippen molar-refractivity contribution in [3.8, 4) is 0 Å². The largest absolute Gasteiger partial charge is 0.363 e. The molecule has 0 aromatic heterocycles. The predicted molar refractivity (Wildman–Crippen MR) is 83.6 cm³/mol. The molecule has 0 N–H and O–H groups in total. The second-order valence-electron chi connectivity index (χ2n) is 5.42. The lowest BCUT2D eigenvalue weighted by molar-refractivity contribution is -0.384. The SMILES string of the molecule is O=[N+]([O-])c1ccccc1N1CCCC1Cc1ccccc1. The normalized spacial score (nSPS) is 17.9. The van der Waals surface area contributed by atoms with Crippen LogP contribution in [0.1, 0.15) is 18.4 Å². The summed E-state index contributed by atoms with van der Waals surface area (Å²) in [5.41, 5.74) is 2.24. The summed E-state index contributed by atoms with van der Waals surface area (Å²) in [6, 6.07) is 17.7. The van der Waals surface area contributed by atoms with Crippen molar-refractivity contribution in [2.24, 2.45) is 0 Å². The number of nitro groups is 1. The molecule has 3 rings (SSSR count). The first kappa shape index (κ1) is 13.6. The van der Waals surface area contributed by atoms with Crippen LogP contribution in [0.2, 0.25) is 0 Å². The highest BCUT2D eigenvalue weighted by atomic mass is 16.6. The van der Waals surface area contributed by atoms with Crippen LogP contribution in [0.15, 0.2) is 54.6 Å². The van der Waals surface area contributed by atoms with Crippen molar-refractivity contribution < 1.29 is 4.92 Å². The van der Waals surface area contributed by atoms with Crippen LogP contribution in [0, 0.1) is 10.1 Å². The summed E-state index contributed by atoms with van der Waals surface area (Å²) in [5, 5.41) is 11.2. The van der Waals surface area contributed by atoms with E-state index >= 15 is 0 Å². The van der Waals surface area contributed by atoms with Gasteiger partial charge < -0.3 is 4.90 Å². The fraction of sp³-hybridized carbons (Fsp3) is 0.294. The van der Waals surface area contributed by atoms with Crippen molar-refractivity contribution in [1.82, 2.24) is 0 Å². The van der Waals surface area contributed by atoms with E-state index in [-0.39, 0.29) is 10.6 Å². The summed E-state index contributed by atoms with van der Waals surface area (Å²) in [4.78, 5) is 13.1. The number of para-hydroxylation sites is 2. The molecule has 1 heterocycles. The number of anilines is 1. The Morgan fingerprint density at radius 1 is 1.10 bits per heavy atom. The zero-order valence-corrected chi connectivity index (χ0v) is 11.8. The fourth-order valence-electron chi connectivity index (χ4n) is 3.11. The Balaban J connectivity index is 1.86. The van der Waals surface area contributed by atoms with Gasteiger partial charge in [-0.25, -0.2) is 0 Å². The molecule has 2 aromatic rings. The number of hydrogen-bond donors (Lipinski definition) is 0. The minimum atomic E-state index is -0.284. The van der Waals surface area contributed by atoms with Gasteiger partial charge in [0.1, 0.15) is 5.69 Å². The van der Waals surface area contributed by atoms with Crippen LogP contribution in [0.25, 0.3) is 0 Å². The van der Waals surface area contributed by atoms with Crippen molar-refractivity contribution in [3.63, 3.8) is 0 Å². The van der Waals surface area contributed by atoms with E-state index in [0.29, 0.717) is 6.04 Å². The van der Waals surface area contributed by atoms with Crippen LogP contribution < -0.4 is 4.90 Å². The van der Waals surface area contributed by atoms with Crippen molar-refractivity contribution in [1.29, 1.82) is 0 Å². The number of rotatable bonds is 4. The van der Waals surface area contributed by atoms with E-state index < -0.39 is 0 Å². The van der Waals surface area contributed by atoms with Gasteiger partial charge in [-0.2, -0.15) is 0 Å². The molecule has 2 aromatic carbocycles. The molecule has 21 heavy (non-hydrogen) atoms. The fourth-order valence-corrected chi connectivity index (χ4v) is 3.11. The van der Waals surface area contributed by atoms with Gasteiger partial charge in [0, 0.05) is 18.7 Å². The Kier molecular flexibility index (Phi) is 3.86. The Labute approximate surface area is 124 Å². The monoisotopic (exact) mass is 282 g/mol. The number of benzene rings is 2. The summed E-state index contributed by atoms with van der Waals surface area (Å²) in [5.74, 6) is 0. The van der Waals surface area contributed by atoms with Crippen LogP contribution in [-0.4, -0.2) is 17.5 Å². The molecule has 0 radical (unpaired) electrons. The summed E-state index contributed by atoms with van der Waals surface area (Å²) in [6.07, 6.45) is 3.11. The lowest BCUT2D eigenvalue weighted by atomic mass is 10.0. The van der Waals surface area contributed by atoms with Crippen LogP contribution in [-0.2, 0) is 6.42 Å². The molecule has 108 valence electrons. The van der Waals surface area contributed by atoms with Gasteiger partial charge in [0.05, 0.1) is 4.92 Å². The highest BCUT2D eigenvalue weighted by Crippen LogP contribution is 2.34. The standard InChI is InChI=1S/C17H18N2O2/c20-19(21)17-11-5-4-10-16(17)18-12-6-9-15(18)13-14-7-2-1-3-8-14/h1-5,7-8,10-11,15H,6,9,12-13H2. The van der Waals surface area contributed by atoms with Crippen molar-refractivity contribution in [2.75, 3.05) is 11.4 Å². The van der Waals surface area contributed by atoms with Gasteiger partial charge >= 0.3 is 0 Å². The lowest BCUT2D eigenvalue weighted by Crippen LogP contribution is -2.31. The second-order valence-corrected chi connectivity index (χ2v) is 5.42. The smallest absolute Gasteiger partial charge is 0.292 e. The molecule has 4 heteroatoms. The van der Waals surface area contributed by atoms with Gasteiger partial charge in [-0.05, 0) is 30.9 Å². The van der Waals surface area contributed by atoms with E-state index in [0.717, 1.165) is 31.5 Å². The maximum atomic E-state index is 11.2. The highest BCUT2D eigenvalue weighted by molar-refractivity contribution is 5.64. The van der Waals surface area contributed by atoms with E-state index in [1.807, 2.05) is 30.3 Å². The van der Waals surface area contributed by atoms with Crippen molar-refractivity contribution >= 4 is 11.4 Å². The lowest BCUT2D eigenvalue weighted by Gasteiger charge is -2.26. The Morgan fingerprint density at radius 3 is 2.57 bits per heavy atom. The van der Waals surface area contributed by atoms with Gasteiger partial charge in [-0.15, -0.1) is 0 Å². The minimum absolute atomic E-state index is 0.206. The van der Waals surface area contributed by atoms with Crippen molar-refractivity contribution in [3.05, 3.63) is 70.3 Å². The molecule has 0 saturated carbocycles. The topological polar surface area (TPSA) is 46.4 Å². The Morgan fingerprint density at radius 2 is 1.81 bits per heavy atom. The average Bonchev–Trinajstić information content (AvgIpc) is 2.96. The zero-order chi connectivity index (χ0) is 14.7. The predicted octanol–water partition coefficient (Wildman–Crippen LogP) is 3.81. The van der Waals surface area contributed by atoms with Gasteiger partial charge in [0.2, 0.25) is 0 Å². The summed E-state index contributed by atoms with van der Waals surface area (Å²) >= 11 is 0. The van der Waals surface area contributed by atoms with E-state index in [2.05, 4.69) is 17.0 Å². The first-order valence-corrected chi connectivity index (χ1v) is 7.29. The molecule has 1 saturated heterocycles. The van der Waals surface area contributed by atoms with Crippen LogP contribution in [0.3, 0.4) is 0 Å². The molecule has 1 unspecified atom stereocenters. The first-order chi connectivity index (χ1) is 10.3. The number of hydrogen-bond acceptors (Lipinski definition) is 3. The minimum Gasteiger partial charge on any atom is -0.363 e. The summed E-state index contributed by atoms with van der Waals surface area (Å²) < 4.78 is 0. The maximum Gasteiger partial charge on any atom is 0.292 e. The van der Waals surface area contributed by atoms with Crippen molar-refractivity contribution in [2.45, 2.75) is 25.3 Å². The van der Waals surface area contributed by atoms with E-state index in [4.69, 9.17) is 0 Å². The third-order valence-corrected chi connectivity index (χ3v) is 4.08. The molecular formula is C17H18N2O2. The Bertz CT molecular complexity index is 628. The molecule has 1 aliphatic heterocycles. The second kappa shape index (κ2) is 5.95. The summed E-state index contributed by atoms with van der Waals surface area (Å²) in [7, 11) is 0. The Hall–Kier alpha value is -2.36. The molecule has 4 nitrogen and oxygen atoms in total. The maximum absolute atomic E-state index is 11.2. The zero-order valence-electron chi connectivity index (χ0n) is 11.8. The van der Waals surface area contributed by atoms with Gasteiger partial charge in [0.25, 0.3) is 5.69 Å². The molecule has 1 fully saturated rings. The third-order valence-electron chi connectivity index (χ3n) is 4.08. The molecular weight excluding hydrogens is 264 g/mol. The third kappa shape index (κ3) is 2.89. The highest BCUT2D eigenvalue weighted by Gasteiger charge is 2.29. The number of nitrogens with zero attached hydrogens (tertiary/aromatic N) is 2. The van der Waals surface area contributed by atoms with Gasteiger partial charge in [-0.3, -0.25) is 10.1 Å². The molecule has 0 amide bonds. The van der Waals surface area contributed by atoms with E-state index in [1.54, 1.807) is 12.1 Å². The number of nitro benzene ring substituents is 1. The van der Waals surface area contributed by atoms with E-state index in [1.165, 1.54) is 5.56 Å². The van der Waals surface area contributed by atoms with Gasteiger partial charge in [-0.1, -0.05) is 42.5 Å². The summed E-state index contributed by atoms with van der Waals surface area (Å²) in [6.45, 7) is 0.891. The molecule has 0 spiro atoms. The molecule has 1 atom stereocenters. The quantitative estimate of drug-likeness (QED) is 0.633. The van der Waals surface area contributed by atoms with Crippen LogP contribution >= 0.6 is 0 Å². The molecule has 1 aliphatic rings. The first-order valence-electron chi connectivity index (χ1n) is 7.29. The van der Waals surface area contributed by atoms with E-state index in [9.17, 15) is 10.1 Å². The van der Waals surface area contributed by atoms with Crippen LogP contribution in [0.5, 0.6) is 0 Å². The van der Waals surface area contributed by atoms with Gasteiger partial charge in [0.15, 0.2) is 0 Å². The molecule has 0 bridgehead atoms. The average molecular weight is 282 g/mol. The molecule has 0 aliphatic carbocycles. The van der Waals surface area contributed by atoms with Crippen LogP contribution in [0.4, 0.5) is 11.4 Å².